The first-order chi connectivity index (χ1) is 8.17. The summed E-state index contributed by atoms with van der Waals surface area (Å²) in [5.41, 5.74) is 7.57. The molecule has 0 atom stereocenters. The molecule has 0 radical (unpaired) electrons. The monoisotopic (exact) mass is 248 g/mol. The van der Waals surface area contributed by atoms with Crippen molar-refractivity contribution in [3.05, 3.63) is 48.3 Å². The Balaban J connectivity index is 2.24. The molecule has 0 aliphatic heterocycles. The van der Waals surface area contributed by atoms with Crippen LogP contribution in [0.2, 0.25) is 0 Å². The third kappa shape index (κ3) is 3.14. The van der Waals surface area contributed by atoms with Crippen molar-refractivity contribution in [1.82, 2.24) is 0 Å². The molecule has 88 valence electrons. The zero-order valence-corrected chi connectivity index (χ0v) is 10.2. The predicted octanol–water partition coefficient (Wildman–Crippen LogP) is 3.87. The van der Waals surface area contributed by atoms with Gasteiger partial charge in [-0.3, -0.25) is 0 Å². The zero-order valence-electron chi connectivity index (χ0n) is 9.41. The quantitative estimate of drug-likeness (QED) is 0.639. The van der Waals surface area contributed by atoms with Gasteiger partial charge in [0, 0.05) is 22.0 Å². The van der Waals surface area contributed by atoms with Crippen LogP contribution in [-0.2, 0) is 0 Å². The van der Waals surface area contributed by atoms with E-state index < -0.39 is 0 Å². The molecule has 0 amide bonds. The van der Waals surface area contributed by atoms with E-state index >= 15 is 0 Å². The molecule has 4 heteroatoms. The fourth-order valence-electron chi connectivity index (χ4n) is 1.55. The summed E-state index contributed by atoms with van der Waals surface area (Å²) in [5, 5.41) is 3.13. The van der Waals surface area contributed by atoms with Crippen molar-refractivity contribution in [2.24, 2.45) is 0 Å². The molecule has 0 aliphatic carbocycles. The van der Waals surface area contributed by atoms with Crippen LogP contribution in [0.5, 0.6) is 0 Å². The summed E-state index contributed by atoms with van der Waals surface area (Å²) in [6.45, 7) is 0. The standard InChI is InChI=1S/C13H13FN2S/c1-17-13-4-2-3-11(8-13)16-12-6-9(14)5-10(15)7-12/h2-8,16H,15H2,1H3. The number of rotatable bonds is 3. The van der Waals surface area contributed by atoms with E-state index in [2.05, 4.69) is 5.32 Å². The van der Waals surface area contributed by atoms with Gasteiger partial charge in [0.15, 0.2) is 0 Å². The Morgan fingerprint density at radius 2 is 1.94 bits per heavy atom. The number of hydrogen-bond donors (Lipinski definition) is 2. The van der Waals surface area contributed by atoms with Gasteiger partial charge in [0.25, 0.3) is 0 Å². The molecule has 0 spiro atoms. The Hall–Kier alpha value is -1.68. The second-order valence-corrected chi connectivity index (χ2v) is 4.51. The molecule has 0 saturated carbocycles. The Kier molecular flexibility index (Phi) is 3.54. The van der Waals surface area contributed by atoms with E-state index in [-0.39, 0.29) is 5.82 Å². The van der Waals surface area contributed by atoms with E-state index in [0.717, 1.165) is 10.6 Å². The molecule has 17 heavy (non-hydrogen) atoms. The smallest absolute Gasteiger partial charge is 0.127 e. The maximum Gasteiger partial charge on any atom is 0.127 e. The maximum absolute atomic E-state index is 13.2. The molecule has 3 N–H and O–H groups in total. The highest BCUT2D eigenvalue weighted by atomic mass is 32.2. The molecule has 2 aromatic carbocycles. The SMILES string of the molecule is CSc1cccc(Nc2cc(N)cc(F)c2)c1. The van der Waals surface area contributed by atoms with E-state index in [9.17, 15) is 4.39 Å². The fraction of sp³-hybridized carbons (Fsp3) is 0.0769. The van der Waals surface area contributed by atoms with Crippen LogP contribution in [0, 0.1) is 5.82 Å². The van der Waals surface area contributed by atoms with Gasteiger partial charge in [-0.05, 0) is 42.7 Å². The van der Waals surface area contributed by atoms with E-state index in [4.69, 9.17) is 5.73 Å². The molecule has 2 rings (SSSR count). The van der Waals surface area contributed by atoms with Crippen molar-refractivity contribution in [1.29, 1.82) is 0 Å². The van der Waals surface area contributed by atoms with Gasteiger partial charge in [-0.1, -0.05) is 6.07 Å². The molecule has 0 fully saturated rings. The molecule has 2 aromatic rings. The fourth-order valence-corrected chi connectivity index (χ4v) is 2.01. The lowest BCUT2D eigenvalue weighted by Crippen LogP contribution is -1.94. The number of hydrogen-bond acceptors (Lipinski definition) is 3. The average molecular weight is 248 g/mol. The van der Waals surface area contributed by atoms with Crippen LogP contribution in [0.15, 0.2) is 47.4 Å². The summed E-state index contributed by atoms with van der Waals surface area (Å²) in [6.07, 6.45) is 2.01. The van der Waals surface area contributed by atoms with Gasteiger partial charge in [0.05, 0.1) is 0 Å². The Labute approximate surface area is 104 Å². The topological polar surface area (TPSA) is 38.0 Å². The maximum atomic E-state index is 13.2. The first-order valence-corrected chi connectivity index (χ1v) is 6.37. The lowest BCUT2D eigenvalue weighted by Gasteiger charge is -2.08. The van der Waals surface area contributed by atoms with Crippen LogP contribution in [0.4, 0.5) is 21.5 Å². The highest BCUT2D eigenvalue weighted by Gasteiger charge is 2.00. The number of anilines is 3. The summed E-state index contributed by atoms with van der Waals surface area (Å²) >= 11 is 1.66. The second kappa shape index (κ2) is 5.10. The van der Waals surface area contributed by atoms with Gasteiger partial charge >= 0.3 is 0 Å². The first-order valence-electron chi connectivity index (χ1n) is 5.14. The lowest BCUT2D eigenvalue weighted by molar-refractivity contribution is 0.629. The Bertz CT molecular complexity index is 508. The number of benzene rings is 2. The van der Waals surface area contributed by atoms with Gasteiger partial charge in [0.2, 0.25) is 0 Å². The molecular weight excluding hydrogens is 235 g/mol. The Morgan fingerprint density at radius 3 is 2.65 bits per heavy atom. The van der Waals surface area contributed by atoms with Gasteiger partial charge in [-0.15, -0.1) is 11.8 Å². The molecule has 2 nitrogen and oxygen atoms in total. The van der Waals surface area contributed by atoms with Gasteiger partial charge in [-0.25, -0.2) is 4.39 Å². The summed E-state index contributed by atoms with van der Waals surface area (Å²) in [4.78, 5) is 1.15. The van der Waals surface area contributed by atoms with Crippen LogP contribution in [0.1, 0.15) is 0 Å². The van der Waals surface area contributed by atoms with Gasteiger partial charge in [-0.2, -0.15) is 0 Å². The van der Waals surface area contributed by atoms with Crippen LogP contribution in [0.3, 0.4) is 0 Å². The van der Waals surface area contributed by atoms with Crippen molar-refractivity contribution in [3.8, 4) is 0 Å². The predicted molar refractivity (Wildman–Crippen MR) is 72.3 cm³/mol. The summed E-state index contributed by atoms with van der Waals surface area (Å²) < 4.78 is 13.2. The van der Waals surface area contributed by atoms with Crippen LogP contribution >= 0.6 is 11.8 Å². The van der Waals surface area contributed by atoms with Crippen molar-refractivity contribution >= 4 is 28.8 Å². The van der Waals surface area contributed by atoms with Gasteiger partial charge in [0.1, 0.15) is 5.82 Å². The normalized spacial score (nSPS) is 10.2. The summed E-state index contributed by atoms with van der Waals surface area (Å²) in [5.74, 6) is -0.339. The van der Waals surface area contributed by atoms with E-state index in [1.807, 2.05) is 30.5 Å². The highest BCUT2D eigenvalue weighted by molar-refractivity contribution is 7.98. The minimum absolute atomic E-state index is 0.339. The van der Waals surface area contributed by atoms with Crippen molar-refractivity contribution in [2.75, 3.05) is 17.3 Å². The molecular formula is C13H13FN2S. The van der Waals surface area contributed by atoms with Crippen molar-refractivity contribution in [3.63, 3.8) is 0 Å². The van der Waals surface area contributed by atoms with E-state index in [0.29, 0.717) is 11.4 Å². The molecule has 0 heterocycles. The third-order valence-corrected chi connectivity index (χ3v) is 3.00. The van der Waals surface area contributed by atoms with Crippen molar-refractivity contribution in [2.45, 2.75) is 4.90 Å². The molecule has 0 bridgehead atoms. The molecule has 0 unspecified atom stereocenters. The number of thioether (sulfide) groups is 1. The van der Waals surface area contributed by atoms with Crippen LogP contribution in [0.25, 0.3) is 0 Å². The van der Waals surface area contributed by atoms with Gasteiger partial charge < -0.3 is 11.1 Å². The van der Waals surface area contributed by atoms with Crippen LogP contribution < -0.4 is 11.1 Å². The number of nitrogens with two attached hydrogens (primary N) is 1. The number of halogens is 1. The minimum atomic E-state index is -0.339. The minimum Gasteiger partial charge on any atom is -0.399 e. The van der Waals surface area contributed by atoms with E-state index in [1.54, 1.807) is 17.8 Å². The average Bonchev–Trinajstić information content (AvgIpc) is 2.28. The highest BCUT2D eigenvalue weighted by Crippen LogP contribution is 2.24. The van der Waals surface area contributed by atoms with E-state index in [1.165, 1.54) is 12.1 Å². The molecule has 0 aromatic heterocycles. The lowest BCUT2D eigenvalue weighted by atomic mass is 10.2. The summed E-state index contributed by atoms with van der Waals surface area (Å²) in [6, 6.07) is 12.3. The molecule has 0 aliphatic rings. The Morgan fingerprint density at radius 1 is 1.12 bits per heavy atom. The largest absolute Gasteiger partial charge is 0.399 e. The van der Waals surface area contributed by atoms with Crippen molar-refractivity contribution < 1.29 is 4.39 Å². The first kappa shape index (κ1) is 11.8. The summed E-state index contributed by atoms with van der Waals surface area (Å²) in [7, 11) is 0. The zero-order chi connectivity index (χ0) is 12.3. The third-order valence-electron chi connectivity index (χ3n) is 2.28. The number of nitrogens with one attached hydrogen (secondary N) is 1. The number of nitrogen functional groups attached to an aromatic ring is 1. The molecule has 0 saturated heterocycles. The van der Waals surface area contributed by atoms with Crippen LogP contribution in [-0.4, -0.2) is 6.26 Å². The second-order valence-electron chi connectivity index (χ2n) is 3.63.